The van der Waals surface area contributed by atoms with Crippen molar-refractivity contribution in [1.82, 2.24) is 4.90 Å². The molecule has 0 bridgehead atoms. The van der Waals surface area contributed by atoms with Gasteiger partial charge in [-0.05, 0) is 73.0 Å². The Morgan fingerprint density at radius 2 is 1.81 bits per heavy atom. The van der Waals surface area contributed by atoms with Crippen LogP contribution in [0, 0.1) is 5.92 Å². The van der Waals surface area contributed by atoms with E-state index < -0.39 is 19.8 Å². The summed E-state index contributed by atoms with van der Waals surface area (Å²) in [6, 6.07) is 20.0. The molecule has 11 heteroatoms. The minimum Gasteiger partial charge on any atom is -0.497 e. The van der Waals surface area contributed by atoms with Crippen molar-refractivity contribution in [2.45, 2.75) is 62.6 Å². The number of methoxy groups -OCH3 is 1. The Bertz CT molecular complexity index is 1680. The fourth-order valence-corrected chi connectivity index (χ4v) is 12.2. The van der Waals surface area contributed by atoms with Gasteiger partial charge in [-0.2, -0.15) is 0 Å². The molecule has 6 rings (SSSR count). The van der Waals surface area contributed by atoms with Gasteiger partial charge < -0.3 is 35.4 Å². The van der Waals surface area contributed by atoms with Crippen molar-refractivity contribution in [3.63, 3.8) is 0 Å². The van der Waals surface area contributed by atoms with Gasteiger partial charge in [-0.1, -0.05) is 37.3 Å². The van der Waals surface area contributed by atoms with Gasteiger partial charge in [-0.25, -0.2) is 0 Å². The van der Waals surface area contributed by atoms with E-state index >= 15 is 0 Å². The molecule has 3 amide bonds. The Kier molecular flexibility index (Phi) is 8.66. The number of ether oxygens (including phenoxy) is 2. The van der Waals surface area contributed by atoms with Gasteiger partial charge in [0.05, 0.1) is 46.0 Å². The lowest BCUT2D eigenvalue weighted by Gasteiger charge is -2.37. The number of aliphatic hydroxyl groups excluding tert-OH is 1. The second kappa shape index (κ2) is 12.4. The fraction of sp³-hybridized carbons (Fsp3) is 0.417. The normalized spacial score (nSPS) is 25.4. The monoisotopic (exact) mass is 656 g/mol. The summed E-state index contributed by atoms with van der Waals surface area (Å²) in [6.07, 6.45) is 1.18. The number of rotatable bonds is 8. The maximum absolute atomic E-state index is 14.4. The summed E-state index contributed by atoms with van der Waals surface area (Å²) in [6.45, 7) is 7.14. The van der Waals surface area contributed by atoms with Gasteiger partial charge in [-0.3, -0.25) is 14.4 Å². The molecule has 3 aliphatic heterocycles. The number of anilines is 3. The highest BCUT2D eigenvalue weighted by molar-refractivity contribution is 6.91. The number of nitrogens with one attached hydrogen (secondary N) is 1. The fourth-order valence-electron chi connectivity index (χ4n) is 8.18. The molecule has 4 N–H and O–H groups in total. The largest absolute Gasteiger partial charge is 0.497 e. The smallest absolute Gasteiger partial charge is 0.264 e. The van der Waals surface area contributed by atoms with Crippen LogP contribution in [0.1, 0.15) is 42.1 Å². The number of likely N-dealkylation sites (N-methyl/N-ethyl adjacent to an activating group) is 1. The molecule has 5 atom stereocenters. The molecule has 0 aliphatic carbocycles. The minimum atomic E-state index is -2.45. The number of carbonyl (C=O) groups is 3. The zero-order valence-corrected chi connectivity index (χ0v) is 28.7. The first kappa shape index (κ1) is 32.7. The van der Waals surface area contributed by atoms with Crippen molar-refractivity contribution in [2.24, 2.45) is 5.92 Å². The molecule has 1 spiro atoms. The van der Waals surface area contributed by atoms with E-state index in [0.717, 1.165) is 18.6 Å². The highest BCUT2D eigenvalue weighted by Gasteiger charge is 2.66. The minimum absolute atomic E-state index is 0.0659. The number of nitrogen functional groups attached to an aromatic ring is 1. The summed E-state index contributed by atoms with van der Waals surface area (Å²) in [5.74, 6) is -0.0811. The number of hydrogen-bond acceptors (Lipinski definition) is 7. The number of aliphatic hydroxyl groups is 1. The summed E-state index contributed by atoms with van der Waals surface area (Å²) in [5, 5.41) is 14.1. The van der Waals surface area contributed by atoms with Gasteiger partial charge in [0.25, 0.3) is 11.8 Å². The first-order chi connectivity index (χ1) is 22.4. The molecule has 0 unspecified atom stereocenters. The number of carbonyl (C=O) groups excluding carboxylic acids is 3. The molecule has 0 saturated carbocycles. The van der Waals surface area contributed by atoms with Gasteiger partial charge >= 0.3 is 0 Å². The van der Waals surface area contributed by atoms with Crippen LogP contribution < -0.4 is 25.9 Å². The van der Waals surface area contributed by atoms with Crippen LogP contribution in [-0.4, -0.2) is 75.3 Å². The molecule has 3 heterocycles. The molecule has 3 aliphatic rings. The van der Waals surface area contributed by atoms with E-state index in [-0.39, 0.29) is 48.3 Å². The Morgan fingerprint density at radius 3 is 2.47 bits per heavy atom. The first-order valence-electron chi connectivity index (χ1n) is 16.2. The Morgan fingerprint density at radius 1 is 1.11 bits per heavy atom. The molecule has 2 saturated heterocycles. The second-order valence-electron chi connectivity index (χ2n) is 13.6. The van der Waals surface area contributed by atoms with E-state index in [4.69, 9.17) is 15.2 Å². The molecular formula is C36H44N4O6Si. The van der Waals surface area contributed by atoms with Crippen molar-refractivity contribution >= 4 is 48.0 Å². The Hall–Kier alpha value is -4.19. The van der Waals surface area contributed by atoms with Crippen LogP contribution in [0.25, 0.3) is 0 Å². The third-order valence-corrected chi connectivity index (χ3v) is 15.0. The SMILES string of the molecule is COc1ccc([Si](C)(C)[C@H]2[C@H](CC(=O)N3CCC[C@H]3CO)O[C@@]3(C(=O)N(C)c4ccc(NC(=O)c5ccc(N)cc5)cc43)[C@@H]2C)cc1. The van der Waals surface area contributed by atoms with Crippen molar-refractivity contribution in [3.05, 3.63) is 77.9 Å². The van der Waals surface area contributed by atoms with Crippen molar-refractivity contribution < 1.29 is 29.0 Å². The lowest BCUT2D eigenvalue weighted by Crippen LogP contribution is -2.52. The Labute approximate surface area is 276 Å². The van der Waals surface area contributed by atoms with Gasteiger partial charge in [0, 0.05) is 42.0 Å². The van der Waals surface area contributed by atoms with Gasteiger partial charge in [0.1, 0.15) is 5.75 Å². The number of nitrogens with zero attached hydrogens (tertiary/aromatic N) is 2. The molecule has 0 radical (unpaired) electrons. The maximum atomic E-state index is 14.4. The predicted octanol–water partition coefficient (Wildman–Crippen LogP) is 4.10. The summed E-state index contributed by atoms with van der Waals surface area (Å²) in [7, 11) is 0.937. The van der Waals surface area contributed by atoms with Crippen molar-refractivity contribution in [3.8, 4) is 5.75 Å². The van der Waals surface area contributed by atoms with Crippen LogP contribution in [0.3, 0.4) is 0 Å². The van der Waals surface area contributed by atoms with Gasteiger partial charge in [-0.15, -0.1) is 0 Å². The van der Waals surface area contributed by atoms with E-state index in [2.05, 4.69) is 37.5 Å². The third-order valence-electron chi connectivity index (χ3n) is 10.7. The average Bonchev–Trinajstić information content (AvgIpc) is 3.72. The highest BCUT2D eigenvalue weighted by atomic mass is 28.3. The first-order valence-corrected chi connectivity index (χ1v) is 19.3. The second-order valence-corrected chi connectivity index (χ2v) is 18.3. The molecule has 3 aromatic rings. The molecule has 47 heavy (non-hydrogen) atoms. The summed E-state index contributed by atoms with van der Waals surface area (Å²) in [4.78, 5) is 44.9. The van der Waals surface area contributed by atoms with Gasteiger partial charge in [0.15, 0.2) is 5.60 Å². The quantitative estimate of drug-likeness (QED) is 0.246. The van der Waals surface area contributed by atoms with Crippen LogP contribution in [0.5, 0.6) is 5.75 Å². The van der Waals surface area contributed by atoms with E-state index in [1.165, 1.54) is 5.19 Å². The van der Waals surface area contributed by atoms with Crippen LogP contribution >= 0.6 is 0 Å². The Balaban J connectivity index is 1.40. The van der Waals surface area contributed by atoms with E-state index in [0.29, 0.717) is 34.7 Å². The van der Waals surface area contributed by atoms with Crippen LogP contribution in [0.15, 0.2) is 66.7 Å². The summed E-state index contributed by atoms with van der Waals surface area (Å²) in [5.41, 5.74) is 7.30. The number of nitrogens with two attached hydrogens (primary N) is 1. The molecule has 2 fully saturated rings. The number of fused-ring (bicyclic) bond motifs is 2. The molecule has 10 nitrogen and oxygen atoms in total. The average molecular weight is 657 g/mol. The van der Waals surface area contributed by atoms with Gasteiger partial charge in [0.2, 0.25) is 5.91 Å². The maximum Gasteiger partial charge on any atom is 0.264 e. The lowest BCUT2D eigenvalue weighted by atomic mass is 9.82. The molecule has 3 aromatic carbocycles. The zero-order valence-electron chi connectivity index (χ0n) is 27.7. The standard InChI is InChI=1S/C36H44N4O6Si/c1-22-33(47(4,5)28-15-13-27(45-3)14-16-28)31(20-32(42)40-18-6-7-26(40)21-41)46-36(22)29-19-25(12-17-30(29)39(2)35(36)44)38-34(43)23-8-10-24(37)11-9-23/h8-17,19,22,26,31,33,41H,6-7,18,20-21,37H2,1-5H3,(H,38,43)/t22-,26+,31+,33-,36+/m1/s1. The van der Waals surface area contributed by atoms with Crippen LogP contribution in [0.4, 0.5) is 17.1 Å². The van der Waals surface area contributed by atoms with E-state index in [1.807, 2.05) is 24.3 Å². The van der Waals surface area contributed by atoms with Crippen molar-refractivity contribution in [2.75, 3.05) is 43.3 Å². The number of amides is 3. The summed E-state index contributed by atoms with van der Waals surface area (Å²) >= 11 is 0. The van der Waals surface area contributed by atoms with Crippen molar-refractivity contribution in [1.29, 1.82) is 0 Å². The van der Waals surface area contributed by atoms with Crippen LogP contribution in [-0.2, 0) is 19.9 Å². The predicted molar refractivity (Wildman–Crippen MR) is 185 cm³/mol. The van der Waals surface area contributed by atoms with E-state index in [1.54, 1.807) is 54.3 Å². The van der Waals surface area contributed by atoms with E-state index in [9.17, 15) is 19.5 Å². The molecule has 0 aromatic heterocycles. The highest BCUT2D eigenvalue weighted by Crippen LogP contribution is 2.60. The summed E-state index contributed by atoms with van der Waals surface area (Å²) < 4.78 is 12.5. The molecular weight excluding hydrogens is 613 g/mol. The van der Waals surface area contributed by atoms with Crippen LogP contribution in [0.2, 0.25) is 18.6 Å². The lowest BCUT2D eigenvalue weighted by molar-refractivity contribution is -0.149. The third kappa shape index (κ3) is 5.49. The number of likely N-dealkylation sites (tertiary alicyclic amines) is 1. The topological polar surface area (TPSA) is 134 Å². The zero-order chi connectivity index (χ0) is 33.7. The number of hydrogen-bond donors (Lipinski definition) is 3. The molecule has 248 valence electrons. The number of benzene rings is 3.